The normalized spacial score (nSPS) is 40.6. The van der Waals surface area contributed by atoms with Gasteiger partial charge in [-0.1, -0.05) is 51.1 Å². The first-order valence-corrected chi connectivity index (χ1v) is 9.07. The summed E-state index contributed by atoms with van der Waals surface area (Å²) in [6, 6.07) is 0.182. The lowest BCUT2D eigenvalue weighted by molar-refractivity contribution is -0.143. The van der Waals surface area contributed by atoms with Gasteiger partial charge in [-0.25, -0.2) is 0 Å². The van der Waals surface area contributed by atoms with E-state index in [1.54, 1.807) is 4.90 Å². The van der Waals surface area contributed by atoms with Gasteiger partial charge in [-0.3, -0.25) is 14.5 Å². The zero-order valence-corrected chi connectivity index (χ0v) is 14.0. The standard InChI is InChI=1S/C14H19Br2NO2/c15-11-6-9-10(7-12(11)16)14(19)17(13(9)18)8-4-2-1-3-5-8/h8-12H,1-7H2/t9-,10+,11-,12-/m0/s1. The zero-order valence-electron chi connectivity index (χ0n) is 10.9. The third-order valence-corrected chi connectivity index (χ3v) is 7.62. The van der Waals surface area contributed by atoms with E-state index >= 15 is 0 Å². The number of alkyl halides is 2. The average Bonchev–Trinajstić information content (AvgIpc) is 2.64. The van der Waals surface area contributed by atoms with Gasteiger partial charge in [-0.2, -0.15) is 0 Å². The van der Waals surface area contributed by atoms with E-state index in [1.165, 1.54) is 6.42 Å². The van der Waals surface area contributed by atoms with Crippen LogP contribution in [0.25, 0.3) is 0 Å². The molecular weight excluding hydrogens is 374 g/mol. The molecule has 5 heteroatoms. The molecule has 0 bridgehead atoms. The molecule has 2 aliphatic carbocycles. The molecule has 3 fully saturated rings. The molecule has 0 unspecified atom stereocenters. The molecule has 1 aliphatic heterocycles. The van der Waals surface area contributed by atoms with E-state index < -0.39 is 0 Å². The first-order chi connectivity index (χ1) is 9.09. The summed E-state index contributed by atoms with van der Waals surface area (Å²) >= 11 is 7.25. The minimum Gasteiger partial charge on any atom is -0.279 e. The lowest BCUT2D eigenvalue weighted by atomic mass is 9.81. The van der Waals surface area contributed by atoms with Crippen molar-refractivity contribution in [2.24, 2.45) is 11.8 Å². The van der Waals surface area contributed by atoms with Crippen LogP contribution in [0.5, 0.6) is 0 Å². The number of amides is 2. The van der Waals surface area contributed by atoms with Gasteiger partial charge in [0, 0.05) is 15.7 Å². The van der Waals surface area contributed by atoms with Crippen LogP contribution in [0.15, 0.2) is 0 Å². The summed E-state index contributed by atoms with van der Waals surface area (Å²) < 4.78 is 0. The highest BCUT2D eigenvalue weighted by Gasteiger charge is 2.53. The van der Waals surface area contributed by atoms with Crippen molar-refractivity contribution in [3.05, 3.63) is 0 Å². The van der Waals surface area contributed by atoms with Crippen molar-refractivity contribution in [1.82, 2.24) is 4.90 Å². The number of nitrogens with zero attached hydrogens (tertiary/aromatic N) is 1. The number of hydrogen-bond acceptors (Lipinski definition) is 2. The van der Waals surface area contributed by atoms with Crippen LogP contribution in [0.2, 0.25) is 0 Å². The fraction of sp³-hybridized carbons (Fsp3) is 0.857. The third kappa shape index (κ3) is 2.41. The lowest BCUT2D eigenvalue weighted by Gasteiger charge is -2.29. The number of carbonyl (C=O) groups excluding carboxylic acids is 2. The quantitative estimate of drug-likeness (QED) is 0.507. The molecule has 3 rings (SSSR count). The molecule has 2 saturated carbocycles. The Hall–Kier alpha value is 0.1000. The average molecular weight is 393 g/mol. The summed E-state index contributed by atoms with van der Waals surface area (Å²) in [6.45, 7) is 0. The van der Waals surface area contributed by atoms with Crippen LogP contribution in [0.4, 0.5) is 0 Å². The minimum atomic E-state index is -0.0763. The van der Waals surface area contributed by atoms with Crippen molar-refractivity contribution in [1.29, 1.82) is 0 Å². The maximum atomic E-state index is 12.6. The van der Waals surface area contributed by atoms with Gasteiger partial charge in [0.15, 0.2) is 0 Å². The Labute approximate surface area is 130 Å². The van der Waals surface area contributed by atoms with Crippen molar-refractivity contribution in [3.63, 3.8) is 0 Å². The molecule has 3 aliphatic rings. The van der Waals surface area contributed by atoms with E-state index in [1.807, 2.05) is 0 Å². The highest BCUT2D eigenvalue weighted by Crippen LogP contribution is 2.44. The fourth-order valence-corrected chi connectivity index (χ4v) is 5.06. The molecule has 0 aromatic heterocycles. The van der Waals surface area contributed by atoms with Crippen LogP contribution in [-0.4, -0.2) is 32.4 Å². The summed E-state index contributed by atoms with van der Waals surface area (Å²) in [5.74, 6) is 0.0525. The van der Waals surface area contributed by atoms with Gasteiger partial charge in [0.05, 0.1) is 11.8 Å². The van der Waals surface area contributed by atoms with E-state index in [9.17, 15) is 9.59 Å². The Balaban J connectivity index is 1.80. The fourth-order valence-electron chi connectivity index (χ4n) is 3.82. The van der Waals surface area contributed by atoms with E-state index in [-0.39, 0.29) is 29.7 Å². The van der Waals surface area contributed by atoms with Crippen molar-refractivity contribution >= 4 is 43.7 Å². The van der Waals surface area contributed by atoms with E-state index in [0.29, 0.717) is 9.65 Å². The summed E-state index contributed by atoms with van der Waals surface area (Å²) in [4.78, 5) is 27.4. The topological polar surface area (TPSA) is 37.4 Å². The molecule has 1 heterocycles. The maximum absolute atomic E-state index is 12.6. The monoisotopic (exact) mass is 391 g/mol. The molecule has 0 N–H and O–H groups in total. The number of fused-ring (bicyclic) bond motifs is 1. The number of carbonyl (C=O) groups is 2. The predicted molar refractivity (Wildman–Crippen MR) is 80.4 cm³/mol. The Morgan fingerprint density at radius 1 is 0.842 bits per heavy atom. The SMILES string of the molecule is O=C1[C@H]2C[C@H](Br)[C@@H](Br)C[C@H]2C(=O)N1C1CCCCC1. The molecule has 2 amide bonds. The Bertz CT molecular complexity index is 367. The number of likely N-dealkylation sites (tertiary alicyclic amines) is 1. The second-order valence-corrected chi connectivity index (χ2v) is 8.41. The molecule has 106 valence electrons. The molecule has 0 spiro atoms. The lowest BCUT2D eigenvalue weighted by Crippen LogP contribution is -2.41. The maximum Gasteiger partial charge on any atom is 0.233 e. The highest BCUT2D eigenvalue weighted by molar-refractivity contribution is 9.12. The zero-order chi connectivity index (χ0) is 13.6. The van der Waals surface area contributed by atoms with Crippen LogP contribution in [0.3, 0.4) is 0 Å². The predicted octanol–water partition coefficient (Wildman–Crippen LogP) is 3.24. The van der Waals surface area contributed by atoms with Crippen molar-refractivity contribution in [2.75, 3.05) is 0 Å². The molecule has 1 saturated heterocycles. The van der Waals surface area contributed by atoms with Crippen molar-refractivity contribution in [2.45, 2.75) is 60.6 Å². The summed E-state index contributed by atoms with van der Waals surface area (Å²) in [6.07, 6.45) is 7.13. The smallest absolute Gasteiger partial charge is 0.233 e. The molecular formula is C14H19Br2NO2. The highest BCUT2D eigenvalue weighted by atomic mass is 79.9. The van der Waals surface area contributed by atoms with Gasteiger partial charge < -0.3 is 0 Å². The molecule has 0 aromatic carbocycles. The molecule has 0 radical (unpaired) electrons. The Morgan fingerprint density at radius 2 is 1.32 bits per heavy atom. The van der Waals surface area contributed by atoms with E-state index in [2.05, 4.69) is 31.9 Å². The largest absolute Gasteiger partial charge is 0.279 e. The molecule has 0 aromatic rings. The molecule has 19 heavy (non-hydrogen) atoms. The van der Waals surface area contributed by atoms with Crippen molar-refractivity contribution in [3.8, 4) is 0 Å². The second-order valence-electron chi connectivity index (χ2n) is 6.05. The first-order valence-electron chi connectivity index (χ1n) is 7.24. The minimum absolute atomic E-state index is 0.0763. The Morgan fingerprint density at radius 3 is 1.79 bits per heavy atom. The van der Waals surface area contributed by atoms with Crippen LogP contribution < -0.4 is 0 Å². The Kier molecular flexibility index (Phi) is 4.05. The van der Waals surface area contributed by atoms with Gasteiger partial charge in [0.25, 0.3) is 0 Å². The van der Waals surface area contributed by atoms with Gasteiger partial charge >= 0.3 is 0 Å². The number of halogens is 2. The second kappa shape index (κ2) is 5.47. The number of imide groups is 1. The van der Waals surface area contributed by atoms with Crippen LogP contribution >= 0.6 is 31.9 Å². The van der Waals surface area contributed by atoms with Crippen LogP contribution in [-0.2, 0) is 9.59 Å². The molecule has 3 nitrogen and oxygen atoms in total. The summed E-state index contributed by atoms with van der Waals surface area (Å²) in [7, 11) is 0. The first kappa shape index (κ1) is 14.1. The van der Waals surface area contributed by atoms with E-state index in [4.69, 9.17) is 0 Å². The van der Waals surface area contributed by atoms with Crippen LogP contribution in [0.1, 0.15) is 44.9 Å². The van der Waals surface area contributed by atoms with Crippen LogP contribution in [0, 0.1) is 11.8 Å². The van der Waals surface area contributed by atoms with Gasteiger partial charge in [0.1, 0.15) is 0 Å². The van der Waals surface area contributed by atoms with E-state index in [0.717, 1.165) is 38.5 Å². The van der Waals surface area contributed by atoms with Gasteiger partial charge in [-0.05, 0) is 25.7 Å². The summed E-state index contributed by atoms with van der Waals surface area (Å²) in [5.41, 5.74) is 0. The van der Waals surface area contributed by atoms with Gasteiger partial charge in [-0.15, -0.1) is 0 Å². The third-order valence-electron chi connectivity index (χ3n) is 4.89. The van der Waals surface area contributed by atoms with Crippen molar-refractivity contribution < 1.29 is 9.59 Å². The molecule has 4 atom stereocenters. The number of hydrogen-bond donors (Lipinski definition) is 0. The summed E-state index contributed by atoms with van der Waals surface area (Å²) in [5, 5.41) is 0. The van der Waals surface area contributed by atoms with Gasteiger partial charge in [0.2, 0.25) is 11.8 Å². The number of rotatable bonds is 1.